The zero-order valence-corrected chi connectivity index (χ0v) is 9.54. The molecule has 0 fully saturated rings. The first-order valence-corrected chi connectivity index (χ1v) is 5.83. The maximum atomic E-state index is 11.6. The first-order chi connectivity index (χ1) is 6.57. The smallest absolute Gasteiger partial charge is 0.297 e. The fraction of sp³-hybridized carbons (Fsp3) is 0.500. The van der Waals surface area contributed by atoms with Crippen LogP contribution in [0.3, 0.4) is 0 Å². The van der Waals surface area contributed by atoms with Gasteiger partial charge in [-0.15, -0.1) is 0 Å². The molecule has 0 bridgehead atoms. The van der Waals surface area contributed by atoms with Crippen molar-refractivity contribution in [1.29, 1.82) is 0 Å². The van der Waals surface area contributed by atoms with E-state index in [2.05, 4.69) is 4.98 Å². The van der Waals surface area contributed by atoms with E-state index in [1.54, 1.807) is 18.7 Å². The van der Waals surface area contributed by atoms with Crippen LogP contribution < -0.4 is 11.2 Å². The summed E-state index contributed by atoms with van der Waals surface area (Å²) in [4.78, 5) is 25.3. The molecule has 0 aliphatic heterocycles. The van der Waals surface area contributed by atoms with Crippen molar-refractivity contribution in [3.63, 3.8) is 0 Å². The second-order valence-electron chi connectivity index (χ2n) is 2.82. The van der Waals surface area contributed by atoms with Crippen LogP contribution in [0.1, 0.15) is 5.56 Å². The van der Waals surface area contributed by atoms with Crippen molar-refractivity contribution in [2.75, 3.05) is 12.0 Å². The molecule has 6 heteroatoms. The van der Waals surface area contributed by atoms with E-state index in [-0.39, 0.29) is 10.7 Å². The molecular weight excluding hydrogens is 224 g/mol. The quantitative estimate of drug-likeness (QED) is 0.790. The molecule has 1 heterocycles. The largest absolute Gasteiger partial charge is 0.329 e. The highest BCUT2D eigenvalue weighted by Gasteiger charge is 2.07. The molecule has 0 spiro atoms. The number of halogens is 1. The third kappa shape index (κ3) is 2.22. The summed E-state index contributed by atoms with van der Waals surface area (Å²) in [6, 6.07) is 0. The molecule has 14 heavy (non-hydrogen) atoms. The first kappa shape index (κ1) is 11.4. The van der Waals surface area contributed by atoms with Crippen LogP contribution >= 0.6 is 23.4 Å². The lowest BCUT2D eigenvalue weighted by Crippen LogP contribution is -2.37. The van der Waals surface area contributed by atoms with Gasteiger partial charge in [0, 0.05) is 17.9 Å². The minimum Gasteiger partial charge on any atom is -0.297 e. The Morgan fingerprint density at radius 3 is 2.71 bits per heavy atom. The summed E-state index contributed by atoms with van der Waals surface area (Å²) in [7, 11) is 0. The van der Waals surface area contributed by atoms with Gasteiger partial charge in [0.1, 0.15) is 5.15 Å². The molecule has 0 amide bonds. The molecule has 0 aliphatic rings. The van der Waals surface area contributed by atoms with Gasteiger partial charge in [-0.25, -0.2) is 4.79 Å². The summed E-state index contributed by atoms with van der Waals surface area (Å²) in [5.74, 6) is 0.726. The van der Waals surface area contributed by atoms with Gasteiger partial charge >= 0.3 is 5.69 Å². The Bertz CT molecular complexity index is 438. The molecule has 4 nitrogen and oxygen atoms in total. The van der Waals surface area contributed by atoms with Crippen LogP contribution in [-0.4, -0.2) is 21.6 Å². The van der Waals surface area contributed by atoms with Crippen molar-refractivity contribution in [2.45, 2.75) is 13.5 Å². The van der Waals surface area contributed by atoms with Crippen LogP contribution in [0.2, 0.25) is 5.15 Å². The molecule has 0 saturated carbocycles. The predicted octanol–water partition coefficient (Wildman–Crippen LogP) is 0.861. The summed E-state index contributed by atoms with van der Waals surface area (Å²) in [5, 5.41) is 0.125. The summed E-state index contributed by atoms with van der Waals surface area (Å²) in [6.45, 7) is 2.00. The zero-order valence-electron chi connectivity index (χ0n) is 7.96. The summed E-state index contributed by atoms with van der Waals surface area (Å²) in [5.41, 5.74) is -0.375. The fourth-order valence-corrected chi connectivity index (χ4v) is 1.56. The second kappa shape index (κ2) is 4.70. The van der Waals surface area contributed by atoms with Crippen LogP contribution in [0.5, 0.6) is 0 Å². The van der Waals surface area contributed by atoms with Crippen molar-refractivity contribution in [3.8, 4) is 0 Å². The topological polar surface area (TPSA) is 54.9 Å². The number of nitrogens with one attached hydrogen (secondary N) is 1. The molecule has 1 aromatic rings. The lowest BCUT2D eigenvalue weighted by atomic mass is 10.4. The molecule has 1 rings (SSSR count). The SMILES string of the molecule is CSCCn1c(=O)[nH]c(Cl)c(C)c1=O. The third-order valence-corrected chi connectivity index (χ3v) is 2.84. The minimum absolute atomic E-state index is 0.125. The average molecular weight is 235 g/mol. The Morgan fingerprint density at radius 1 is 1.50 bits per heavy atom. The highest BCUT2D eigenvalue weighted by atomic mass is 35.5. The van der Waals surface area contributed by atoms with Crippen LogP contribution in [0.15, 0.2) is 9.59 Å². The Kier molecular flexibility index (Phi) is 3.83. The molecule has 0 aliphatic carbocycles. The van der Waals surface area contributed by atoms with Gasteiger partial charge in [0.2, 0.25) is 0 Å². The van der Waals surface area contributed by atoms with Crippen LogP contribution in [0.25, 0.3) is 0 Å². The molecule has 1 N–H and O–H groups in total. The van der Waals surface area contributed by atoms with E-state index in [1.165, 1.54) is 0 Å². The van der Waals surface area contributed by atoms with E-state index in [0.717, 1.165) is 10.3 Å². The fourth-order valence-electron chi connectivity index (χ4n) is 1.03. The van der Waals surface area contributed by atoms with Crippen LogP contribution in [0, 0.1) is 6.92 Å². The highest BCUT2D eigenvalue weighted by Crippen LogP contribution is 2.02. The lowest BCUT2D eigenvalue weighted by molar-refractivity contribution is 0.673. The average Bonchev–Trinajstić information content (AvgIpc) is 2.14. The van der Waals surface area contributed by atoms with Crippen molar-refractivity contribution < 1.29 is 0 Å². The number of thioether (sulfide) groups is 1. The normalized spacial score (nSPS) is 10.5. The Labute approximate surface area is 90.3 Å². The molecule has 0 saturated heterocycles. The van der Waals surface area contributed by atoms with E-state index >= 15 is 0 Å². The van der Waals surface area contributed by atoms with Gasteiger partial charge in [0.05, 0.1) is 0 Å². The van der Waals surface area contributed by atoms with Crippen molar-refractivity contribution in [2.24, 2.45) is 0 Å². The van der Waals surface area contributed by atoms with Gasteiger partial charge in [0.25, 0.3) is 5.56 Å². The van der Waals surface area contributed by atoms with E-state index in [1.807, 2.05) is 6.26 Å². The number of aromatic nitrogens is 2. The molecule has 0 aromatic carbocycles. The van der Waals surface area contributed by atoms with Crippen molar-refractivity contribution in [1.82, 2.24) is 9.55 Å². The van der Waals surface area contributed by atoms with Crippen LogP contribution in [0.4, 0.5) is 0 Å². The molecule has 0 unspecified atom stereocenters. The summed E-state index contributed by atoms with van der Waals surface area (Å²) < 4.78 is 1.16. The monoisotopic (exact) mass is 234 g/mol. The highest BCUT2D eigenvalue weighted by molar-refractivity contribution is 7.98. The third-order valence-electron chi connectivity index (χ3n) is 1.88. The van der Waals surface area contributed by atoms with Gasteiger partial charge in [0.15, 0.2) is 0 Å². The summed E-state index contributed by atoms with van der Waals surface area (Å²) >= 11 is 7.23. The number of H-pyrrole nitrogens is 1. The maximum absolute atomic E-state index is 11.6. The van der Waals surface area contributed by atoms with E-state index in [9.17, 15) is 9.59 Å². The Balaban J connectivity index is 3.23. The number of aromatic amines is 1. The summed E-state index contributed by atoms with van der Waals surface area (Å²) in [6.07, 6.45) is 1.92. The van der Waals surface area contributed by atoms with Gasteiger partial charge in [-0.3, -0.25) is 14.3 Å². The molecular formula is C8H11ClN2O2S. The van der Waals surface area contributed by atoms with Crippen molar-refractivity contribution >= 4 is 23.4 Å². The van der Waals surface area contributed by atoms with E-state index < -0.39 is 5.69 Å². The van der Waals surface area contributed by atoms with Gasteiger partial charge in [-0.2, -0.15) is 11.8 Å². The van der Waals surface area contributed by atoms with E-state index in [4.69, 9.17) is 11.6 Å². The van der Waals surface area contributed by atoms with E-state index in [0.29, 0.717) is 12.1 Å². The van der Waals surface area contributed by atoms with Crippen LogP contribution in [-0.2, 0) is 6.54 Å². The number of hydrogen-bond acceptors (Lipinski definition) is 3. The first-order valence-electron chi connectivity index (χ1n) is 4.06. The minimum atomic E-state index is -0.445. The standard InChI is InChI=1S/C8H11ClN2O2S/c1-5-6(9)10-8(13)11(7(5)12)3-4-14-2/h3-4H2,1-2H3,(H,10,13). The molecule has 0 atom stereocenters. The number of rotatable bonds is 3. The lowest BCUT2D eigenvalue weighted by Gasteiger charge is -2.04. The Morgan fingerprint density at radius 2 is 2.14 bits per heavy atom. The van der Waals surface area contributed by atoms with Crippen molar-refractivity contribution in [3.05, 3.63) is 31.6 Å². The molecule has 1 aromatic heterocycles. The van der Waals surface area contributed by atoms with Gasteiger partial charge in [-0.05, 0) is 13.2 Å². The molecule has 0 radical (unpaired) electrons. The number of hydrogen-bond donors (Lipinski definition) is 1. The molecule has 78 valence electrons. The predicted molar refractivity (Wildman–Crippen MR) is 59.5 cm³/mol. The Hall–Kier alpha value is -0.680. The van der Waals surface area contributed by atoms with Gasteiger partial charge < -0.3 is 0 Å². The maximum Gasteiger partial charge on any atom is 0.329 e. The second-order valence-corrected chi connectivity index (χ2v) is 4.18. The number of nitrogens with zero attached hydrogens (tertiary/aromatic N) is 1. The zero-order chi connectivity index (χ0) is 10.7. The van der Waals surface area contributed by atoms with Gasteiger partial charge in [-0.1, -0.05) is 11.6 Å².